The molecule has 1 atom stereocenters. The number of H-pyrrole nitrogens is 1. The molecular weight excluding hydrogens is 336 g/mol. The molecule has 27 heavy (non-hydrogen) atoms. The maximum atomic E-state index is 12.9. The normalized spacial score (nSPS) is 17.2. The number of piperidine rings is 1. The predicted molar refractivity (Wildman–Crippen MR) is 107 cm³/mol. The van der Waals surface area contributed by atoms with Gasteiger partial charge in [-0.3, -0.25) is 9.59 Å². The molecule has 138 valence electrons. The van der Waals surface area contributed by atoms with Gasteiger partial charge in [0.15, 0.2) is 0 Å². The minimum atomic E-state index is -0.0411. The van der Waals surface area contributed by atoms with Crippen LogP contribution in [0.15, 0.2) is 60.8 Å². The van der Waals surface area contributed by atoms with Crippen molar-refractivity contribution in [2.75, 3.05) is 13.1 Å². The van der Waals surface area contributed by atoms with Gasteiger partial charge in [0.25, 0.3) is 5.91 Å². The molecule has 2 heterocycles. The largest absolute Gasteiger partial charge is 0.361 e. The molecule has 4 rings (SSSR count). The Morgan fingerprint density at radius 1 is 1.07 bits per heavy atom. The summed E-state index contributed by atoms with van der Waals surface area (Å²) in [5.41, 5.74) is 2.84. The SMILES string of the molecule is O=C(CCc1ccccc1)C1CCCN(C(=O)c2ccc3cc[nH]c3c2)C1. The van der Waals surface area contributed by atoms with Crippen LogP contribution in [0, 0.1) is 5.92 Å². The zero-order chi connectivity index (χ0) is 18.6. The van der Waals surface area contributed by atoms with Gasteiger partial charge in [-0.2, -0.15) is 0 Å². The zero-order valence-corrected chi connectivity index (χ0v) is 15.4. The van der Waals surface area contributed by atoms with E-state index in [4.69, 9.17) is 0 Å². The quantitative estimate of drug-likeness (QED) is 0.740. The summed E-state index contributed by atoms with van der Waals surface area (Å²) in [7, 11) is 0. The van der Waals surface area contributed by atoms with E-state index in [0.717, 1.165) is 36.7 Å². The van der Waals surface area contributed by atoms with Gasteiger partial charge in [0.05, 0.1) is 0 Å². The third kappa shape index (κ3) is 3.95. The molecule has 0 saturated carbocycles. The Kier molecular flexibility index (Phi) is 5.05. The molecule has 1 aromatic heterocycles. The first kappa shape index (κ1) is 17.5. The lowest BCUT2D eigenvalue weighted by Crippen LogP contribution is -2.42. The van der Waals surface area contributed by atoms with E-state index < -0.39 is 0 Å². The number of nitrogens with zero attached hydrogens (tertiary/aromatic N) is 1. The van der Waals surface area contributed by atoms with E-state index in [-0.39, 0.29) is 17.6 Å². The second kappa shape index (κ2) is 7.78. The van der Waals surface area contributed by atoms with Gasteiger partial charge in [0.2, 0.25) is 0 Å². The van der Waals surface area contributed by atoms with E-state index in [1.807, 2.05) is 53.6 Å². The van der Waals surface area contributed by atoms with E-state index >= 15 is 0 Å². The summed E-state index contributed by atoms with van der Waals surface area (Å²) in [5.74, 6) is 0.254. The second-order valence-electron chi connectivity index (χ2n) is 7.32. The van der Waals surface area contributed by atoms with Crippen LogP contribution in [0.5, 0.6) is 0 Å². The Morgan fingerprint density at radius 3 is 2.78 bits per heavy atom. The highest BCUT2D eigenvalue weighted by Gasteiger charge is 2.28. The highest BCUT2D eigenvalue weighted by Crippen LogP contribution is 2.22. The molecule has 1 saturated heterocycles. The highest BCUT2D eigenvalue weighted by atomic mass is 16.2. The highest BCUT2D eigenvalue weighted by molar-refractivity contribution is 5.98. The predicted octanol–water partition coefficient (Wildman–Crippen LogP) is 4.22. The van der Waals surface area contributed by atoms with E-state index in [9.17, 15) is 9.59 Å². The molecule has 1 amide bonds. The van der Waals surface area contributed by atoms with Crippen LogP contribution in [-0.2, 0) is 11.2 Å². The van der Waals surface area contributed by atoms with Crippen LogP contribution in [0.25, 0.3) is 10.9 Å². The number of aromatic nitrogens is 1. The zero-order valence-electron chi connectivity index (χ0n) is 15.4. The van der Waals surface area contributed by atoms with Gasteiger partial charge in [0, 0.05) is 42.7 Å². The molecule has 0 bridgehead atoms. The number of aryl methyl sites for hydroxylation is 1. The maximum Gasteiger partial charge on any atom is 0.253 e. The van der Waals surface area contributed by atoms with Crippen molar-refractivity contribution < 1.29 is 9.59 Å². The number of benzene rings is 2. The van der Waals surface area contributed by atoms with Crippen LogP contribution in [0.3, 0.4) is 0 Å². The van der Waals surface area contributed by atoms with Crippen LogP contribution in [0.4, 0.5) is 0 Å². The Bertz CT molecular complexity index is 945. The van der Waals surface area contributed by atoms with Gasteiger partial charge < -0.3 is 9.88 Å². The standard InChI is InChI=1S/C23H24N2O2/c26-22(11-8-17-5-2-1-3-6-17)20-7-4-14-25(16-20)23(27)19-10-9-18-12-13-24-21(18)15-19/h1-3,5-6,9-10,12-13,15,20,24H,4,7-8,11,14,16H2. The molecular formula is C23H24N2O2. The summed E-state index contributed by atoms with van der Waals surface area (Å²) in [6.07, 6.45) is 4.96. The number of hydrogen-bond acceptors (Lipinski definition) is 2. The number of Topliss-reactive ketones (excluding diaryl/α,β-unsaturated/α-hetero) is 1. The molecule has 1 fully saturated rings. The Hall–Kier alpha value is -2.88. The summed E-state index contributed by atoms with van der Waals surface area (Å²) in [4.78, 5) is 30.6. The average Bonchev–Trinajstić information content (AvgIpc) is 3.20. The van der Waals surface area contributed by atoms with Gasteiger partial charge in [-0.1, -0.05) is 36.4 Å². The number of carbonyl (C=O) groups excluding carboxylic acids is 2. The van der Waals surface area contributed by atoms with Crippen LogP contribution >= 0.6 is 0 Å². The molecule has 0 spiro atoms. The number of carbonyl (C=O) groups is 2. The lowest BCUT2D eigenvalue weighted by molar-refractivity contribution is -0.124. The van der Waals surface area contributed by atoms with Crippen LogP contribution in [-0.4, -0.2) is 34.7 Å². The van der Waals surface area contributed by atoms with Crippen molar-refractivity contribution in [3.8, 4) is 0 Å². The number of nitrogens with one attached hydrogen (secondary N) is 1. The molecule has 0 aliphatic carbocycles. The van der Waals surface area contributed by atoms with E-state index in [2.05, 4.69) is 17.1 Å². The summed E-state index contributed by atoms with van der Waals surface area (Å²) >= 11 is 0. The van der Waals surface area contributed by atoms with Crippen molar-refractivity contribution >= 4 is 22.6 Å². The first-order valence-electron chi connectivity index (χ1n) is 9.64. The van der Waals surface area contributed by atoms with Gasteiger partial charge in [-0.25, -0.2) is 0 Å². The number of amides is 1. The molecule has 1 aliphatic heterocycles. The number of hydrogen-bond donors (Lipinski definition) is 1. The lowest BCUT2D eigenvalue weighted by atomic mass is 9.90. The fourth-order valence-corrected chi connectivity index (χ4v) is 3.90. The Morgan fingerprint density at radius 2 is 1.93 bits per heavy atom. The molecule has 4 heteroatoms. The molecule has 0 radical (unpaired) electrons. The topological polar surface area (TPSA) is 53.2 Å². The number of aromatic amines is 1. The summed E-state index contributed by atoms with van der Waals surface area (Å²) in [6.45, 7) is 1.26. The summed E-state index contributed by atoms with van der Waals surface area (Å²) in [6, 6.07) is 17.8. The molecule has 3 aromatic rings. The third-order valence-corrected chi connectivity index (χ3v) is 5.47. The van der Waals surface area contributed by atoms with Crippen LogP contribution < -0.4 is 0 Å². The monoisotopic (exact) mass is 360 g/mol. The first-order valence-corrected chi connectivity index (χ1v) is 9.64. The van der Waals surface area contributed by atoms with Gasteiger partial charge in [-0.05, 0) is 48.4 Å². The van der Waals surface area contributed by atoms with Crippen molar-refractivity contribution in [2.45, 2.75) is 25.7 Å². The van der Waals surface area contributed by atoms with Gasteiger partial charge >= 0.3 is 0 Å². The number of fused-ring (bicyclic) bond motifs is 1. The van der Waals surface area contributed by atoms with Crippen molar-refractivity contribution in [3.63, 3.8) is 0 Å². The minimum Gasteiger partial charge on any atom is -0.361 e. The Balaban J connectivity index is 1.39. The van der Waals surface area contributed by atoms with E-state index in [1.54, 1.807) is 0 Å². The molecule has 4 nitrogen and oxygen atoms in total. The van der Waals surface area contributed by atoms with Crippen molar-refractivity contribution in [2.24, 2.45) is 5.92 Å². The summed E-state index contributed by atoms with van der Waals surface area (Å²) in [5, 5.41) is 1.10. The fourth-order valence-electron chi connectivity index (χ4n) is 3.90. The van der Waals surface area contributed by atoms with Crippen molar-refractivity contribution in [3.05, 3.63) is 71.9 Å². The van der Waals surface area contributed by atoms with Gasteiger partial charge in [0.1, 0.15) is 5.78 Å². The molecule has 2 aromatic carbocycles. The number of rotatable bonds is 5. The van der Waals surface area contributed by atoms with Crippen LogP contribution in [0.2, 0.25) is 0 Å². The van der Waals surface area contributed by atoms with Crippen LogP contribution in [0.1, 0.15) is 35.2 Å². The number of ketones is 1. The number of likely N-dealkylation sites (tertiary alicyclic amines) is 1. The summed E-state index contributed by atoms with van der Waals surface area (Å²) < 4.78 is 0. The van der Waals surface area contributed by atoms with Crippen molar-refractivity contribution in [1.82, 2.24) is 9.88 Å². The molecule has 1 aliphatic rings. The first-order chi connectivity index (χ1) is 13.2. The van der Waals surface area contributed by atoms with E-state index in [0.29, 0.717) is 18.5 Å². The van der Waals surface area contributed by atoms with Crippen molar-refractivity contribution in [1.29, 1.82) is 0 Å². The molecule has 1 unspecified atom stereocenters. The van der Waals surface area contributed by atoms with Gasteiger partial charge in [-0.15, -0.1) is 0 Å². The third-order valence-electron chi connectivity index (χ3n) is 5.47. The fraction of sp³-hybridized carbons (Fsp3) is 0.304. The second-order valence-corrected chi connectivity index (χ2v) is 7.32. The molecule has 1 N–H and O–H groups in total. The average molecular weight is 360 g/mol. The minimum absolute atomic E-state index is 0.0204. The lowest BCUT2D eigenvalue weighted by Gasteiger charge is -2.32. The van der Waals surface area contributed by atoms with E-state index in [1.165, 1.54) is 5.56 Å². The Labute approximate surface area is 159 Å². The maximum absolute atomic E-state index is 12.9. The smallest absolute Gasteiger partial charge is 0.253 e.